The minimum Gasteiger partial charge on any atom is -0.497 e. The van der Waals surface area contributed by atoms with Crippen molar-refractivity contribution in [2.75, 3.05) is 25.0 Å². The zero-order valence-corrected chi connectivity index (χ0v) is 24.2. The molecule has 208 valence electrons. The van der Waals surface area contributed by atoms with Gasteiger partial charge in [0.2, 0.25) is 11.8 Å². The Bertz CT molecular complexity index is 1420. The molecule has 0 aromatic heterocycles. The molecule has 0 heterocycles. The first-order chi connectivity index (χ1) is 18.5. The number of hydrogen-bond acceptors (Lipinski definition) is 5. The molecule has 0 aliphatic carbocycles. The minimum atomic E-state index is -4.11. The monoisotopic (exact) mass is 551 g/mol. The number of methoxy groups -OCH3 is 1. The third-order valence-corrected chi connectivity index (χ3v) is 8.57. The number of ether oxygens (including phenoxy) is 1. The number of carbonyl (C=O) groups is 2. The van der Waals surface area contributed by atoms with Gasteiger partial charge < -0.3 is 15.0 Å². The summed E-state index contributed by atoms with van der Waals surface area (Å²) in [5, 5.41) is 2.63. The molecule has 39 heavy (non-hydrogen) atoms. The highest BCUT2D eigenvalue weighted by Crippen LogP contribution is 2.27. The summed E-state index contributed by atoms with van der Waals surface area (Å²) in [5.41, 5.74) is 3.95. The second kappa shape index (κ2) is 12.8. The van der Waals surface area contributed by atoms with Crippen LogP contribution in [0.15, 0.2) is 71.6 Å². The fraction of sp³-hybridized carbons (Fsp3) is 0.333. The minimum absolute atomic E-state index is 0.0804. The van der Waals surface area contributed by atoms with Crippen LogP contribution >= 0.6 is 0 Å². The van der Waals surface area contributed by atoms with Crippen LogP contribution < -0.4 is 14.4 Å². The van der Waals surface area contributed by atoms with Gasteiger partial charge in [-0.1, -0.05) is 42.8 Å². The lowest BCUT2D eigenvalue weighted by molar-refractivity contribution is -0.140. The van der Waals surface area contributed by atoms with Crippen LogP contribution in [0.5, 0.6) is 5.75 Å². The first kappa shape index (κ1) is 29.7. The summed E-state index contributed by atoms with van der Waals surface area (Å²) in [6, 6.07) is 18.3. The van der Waals surface area contributed by atoms with Crippen molar-refractivity contribution in [2.24, 2.45) is 0 Å². The predicted molar refractivity (Wildman–Crippen MR) is 153 cm³/mol. The van der Waals surface area contributed by atoms with Gasteiger partial charge in [-0.15, -0.1) is 0 Å². The number of nitrogens with one attached hydrogen (secondary N) is 1. The van der Waals surface area contributed by atoms with Gasteiger partial charge in [-0.25, -0.2) is 8.42 Å². The Hall–Kier alpha value is -3.85. The molecule has 3 aromatic carbocycles. The second-order valence-corrected chi connectivity index (χ2v) is 11.4. The van der Waals surface area contributed by atoms with Gasteiger partial charge in [0, 0.05) is 13.6 Å². The first-order valence-corrected chi connectivity index (χ1v) is 14.3. The van der Waals surface area contributed by atoms with E-state index in [1.165, 1.54) is 24.1 Å². The van der Waals surface area contributed by atoms with Crippen molar-refractivity contribution in [3.63, 3.8) is 0 Å². The van der Waals surface area contributed by atoms with Gasteiger partial charge in [0.1, 0.15) is 18.3 Å². The van der Waals surface area contributed by atoms with Crippen LogP contribution in [-0.2, 0) is 26.2 Å². The van der Waals surface area contributed by atoms with Crippen LogP contribution in [0.25, 0.3) is 0 Å². The molecule has 0 aliphatic heterocycles. The molecule has 0 bridgehead atoms. The summed E-state index contributed by atoms with van der Waals surface area (Å²) in [7, 11) is -1.03. The van der Waals surface area contributed by atoms with Crippen LogP contribution in [0.2, 0.25) is 0 Å². The number of amides is 2. The summed E-state index contributed by atoms with van der Waals surface area (Å²) in [5.74, 6) is -0.207. The number of carbonyl (C=O) groups excluding carboxylic acids is 2. The van der Waals surface area contributed by atoms with Crippen LogP contribution in [0.1, 0.15) is 35.6 Å². The van der Waals surface area contributed by atoms with Crippen LogP contribution in [0, 0.1) is 20.8 Å². The number of likely N-dealkylation sites (N-methyl/N-ethyl adjacent to an activating group) is 1. The number of hydrogen-bond donors (Lipinski definition) is 1. The molecule has 2 amide bonds. The quantitative estimate of drug-likeness (QED) is 0.382. The molecule has 1 N–H and O–H groups in total. The summed E-state index contributed by atoms with van der Waals surface area (Å²) in [4.78, 5) is 28.3. The molecular formula is C30H37N3O5S. The van der Waals surface area contributed by atoms with Gasteiger partial charge in [-0.3, -0.25) is 13.9 Å². The van der Waals surface area contributed by atoms with E-state index in [0.29, 0.717) is 17.9 Å². The zero-order chi connectivity index (χ0) is 28.7. The molecule has 0 saturated heterocycles. The Morgan fingerprint density at radius 2 is 1.64 bits per heavy atom. The Kier molecular flexibility index (Phi) is 9.75. The van der Waals surface area contributed by atoms with Crippen LogP contribution in [0.3, 0.4) is 0 Å². The maximum absolute atomic E-state index is 14.0. The van der Waals surface area contributed by atoms with Crippen LogP contribution in [0.4, 0.5) is 5.69 Å². The van der Waals surface area contributed by atoms with Crippen molar-refractivity contribution >= 4 is 27.5 Å². The van der Waals surface area contributed by atoms with Crippen molar-refractivity contribution in [3.8, 4) is 5.75 Å². The Balaban J connectivity index is 2.09. The number of anilines is 1. The maximum Gasteiger partial charge on any atom is 0.264 e. The van der Waals surface area contributed by atoms with E-state index in [1.807, 2.05) is 39.8 Å². The first-order valence-electron chi connectivity index (χ1n) is 12.8. The van der Waals surface area contributed by atoms with Gasteiger partial charge in [0.15, 0.2) is 0 Å². The van der Waals surface area contributed by atoms with Gasteiger partial charge in [0.25, 0.3) is 10.0 Å². The number of aryl methyl sites for hydroxylation is 3. The van der Waals surface area contributed by atoms with Crippen LogP contribution in [-0.4, -0.2) is 51.9 Å². The summed E-state index contributed by atoms with van der Waals surface area (Å²) < 4.78 is 34.3. The zero-order valence-electron chi connectivity index (χ0n) is 23.4. The van der Waals surface area contributed by atoms with Crippen molar-refractivity contribution < 1.29 is 22.7 Å². The summed E-state index contributed by atoms with van der Waals surface area (Å²) in [6.07, 6.45) is 0.351. The second-order valence-electron chi connectivity index (χ2n) is 9.50. The molecule has 8 nitrogen and oxygen atoms in total. The van der Waals surface area contributed by atoms with E-state index in [-0.39, 0.29) is 17.3 Å². The lowest BCUT2D eigenvalue weighted by atomic mass is 10.1. The highest BCUT2D eigenvalue weighted by molar-refractivity contribution is 7.92. The third kappa shape index (κ3) is 6.97. The van der Waals surface area contributed by atoms with Crippen molar-refractivity contribution in [1.29, 1.82) is 0 Å². The SMILES string of the molecule is CC[C@@H](C(=O)NC)N(Cc1cccc(OC)c1)C(=O)CN(c1ccc(C)c(C)c1)S(=O)(=O)c1ccc(C)cc1. The summed E-state index contributed by atoms with van der Waals surface area (Å²) in [6.45, 7) is 7.15. The summed E-state index contributed by atoms with van der Waals surface area (Å²) >= 11 is 0. The Labute approximate surface area is 231 Å². The van der Waals surface area contributed by atoms with Gasteiger partial charge in [-0.2, -0.15) is 0 Å². The van der Waals surface area contributed by atoms with E-state index in [2.05, 4.69) is 5.32 Å². The van der Waals surface area contributed by atoms with E-state index >= 15 is 0 Å². The molecular weight excluding hydrogens is 514 g/mol. The predicted octanol–water partition coefficient (Wildman–Crippen LogP) is 4.37. The fourth-order valence-corrected chi connectivity index (χ4v) is 5.71. The highest BCUT2D eigenvalue weighted by atomic mass is 32.2. The Morgan fingerprint density at radius 3 is 2.23 bits per heavy atom. The average Bonchev–Trinajstić information content (AvgIpc) is 2.93. The molecule has 0 fully saturated rings. The highest BCUT2D eigenvalue weighted by Gasteiger charge is 2.33. The number of nitrogens with zero attached hydrogens (tertiary/aromatic N) is 2. The fourth-order valence-electron chi connectivity index (χ4n) is 4.30. The van der Waals surface area contributed by atoms with E-state index in [0.717, 1.165) is 26.6 Å². The standard InChI is InChI=1S/C30H37N3O5S/c1-7-28(30(35)31-5)32(19-24-9-8-10-26(18-24)38-6)29(34)20-33(25-14-13-22(3)23(4)17-25)39(36,37)27-15-11-21(2)12-16-27/h8-18,28H,7,19-20H2,1-6H3,(H,31,35)/t28-/m0/s1. The number of benzene rings is 3. The molecule has 3 aromatic rings. The molecule has 0 unspecified atom stereocenters. The smallest absolute Gasteiger partial charge is 0.264 e. The molecule has 1 atom stereocenters. The van der Waals surface area contributed by atoms with Crippen molar-refractivity contribution in [2.45, 2.75) is 51.6 Å². The van der Waals surface area contributed by atoms with E-state index in [9.17, 15) is 18.0 Å². The van der Waals surface area contributed by atoms with Crippen molar-refractivity contribution in [3.05, 3.63) is 89.0 Å². The van der Waals surface area contributed by atoms with Gasteiger partial charge >= 0.3 is 0 Å². The van der Waals surface area contributed by atoms with Gasteiger partial charge in [-0.05, 0) is 80.3 Å². The molecule has 9 heteroatoms. The van der Waals surface area contributed by atoms with Crippen molar-refractivity contribution in [1.82, 2.24) is 10.2 Å². The normalized spacial score (nSPS) is 11.9. The maximum atomic E-state index is 14.0. The average molecular weight is 552 g/mol. The molecule has 0 radical (unpaired) electrons. The van der Waals surface area contributed by atoms with E-state index < -0.39 is 28.5 Å². The molecule has 0 saturated carbocycles. The third-order valence-electron chi connectivity index (χ3n) is 6.79. The Morgan fingerprint density at radius 1 is 0.949 bits per heavy atom. The molecule has 0 spiro atoms. The van der Waals surface area contributed by atoms with Gasteiger partial charge in [0.05, 0.1) is 17.7 Å². The lowest BCUT2D eigenvalue weighted by Gasteiger charge is -2.33. The van der Waals surface area contributed by atoms with E-state index in [1.54, 1.807) is 49.6 Å². The topological polar surface area (TPSA) is 96.0 Å². The molecule has 3 rings (SSSR count). The largest absolute Gasteiger partial charge is 0.497 e. The number of sulfonamides is 1. The number of rotatable bonds is 11. The molecule has 0 aliphatic rings. The lowest BCUT2D eigenvalue weighted by Crippen LogP contribution is -2.51. The van der Waals surface area contributed by atoms with E-state index in [4.69, 9.17) is 4.74 Å².